The number of nitrogens with one attached hydrogen (secondary N) is 3. The number of hydrogen-bond acceptors (Lipinski definition) is 3. The molecule has 0 saturated carbocycles. The fourth-order valence-electron chi connectivity index (χ4n) is 1.47. The Balaban J connectivity index is 3.76. The molecule has 7 heteroatoms. The Bertz CT molecular complexity index is 305. The number of amides is 3. The van der Waals surface area contributed by atoms with Crippen molar-refractivity contribution < 1.29 is 19.5 Å². The van der Waals surface area contributed by atoms with Crippen molar-refractivity contribution in [2.75, 3.05) is 13.1 Å². The maximum absolute atomic E-state index is 11.4. The van der Waals surface area contributed by atoms with Gasteiger partial charge in [0.05, 0.1) is 6.54 Å². The number of carboxylic acids is 1. The summed E-state index contributed by atoms with van der Waals surface area (Å²) in [6, 6.07) is -0.634. The predicted octanol–water partition coefficient (Wildman–Crippen LogP) is -0.0790. The van der Waals surface area contributed by atoms with Gasteiger partial charge in [0.25, 0.3) is 0 Å². The minimum absolute atomic E-state index is 0.0429. The molecule has 0 spiro atoms. The molecule has 0 bridgehead atoms. The molecule has 7 nitrogen and oxygen atoms in total. The standard InChI is InChI=1S/C11H21N3O4/c1-7(2)4-8(3)14-9(15)5-12-11(18)13-6-10(16)17/h7-8H,4-6H2,1-3H3,(H,14,15)(H,16,17)(H2,12,13,18). The van der Waals surface area contributed by atoms with E-state index in [-0.39, 0.29) is 18.5 Å². The second-order valence-electron chi connectivity index (χ2n) is 4.53. The van der Waals surface area contributed by atoms with Crippen molar-refractivity contribution in [3.8, 4) is 0 Å². The van der Waals surface area contributed by atoms with E-state index in [1.54, 1.807) is 0 Å². The molecule has 3 amide bonds. The Labute approximate surface area is 106 Å². The van der Waals surface area contributed by atoms with Gasteiger partial charge in [-0.2, -0.15) is 0 Å². The van der Waals surface area contributed by atoms with Crippen molar-refractivity contribution >= 4 is 17.9 Å². The van der Waals surface area contributed by atoms with E-state index in [1.807, 2.05) is 6.92 Å². The fraction of sp³-hybridized carbons (Fsp3) is 0.727. The fourth-order valence-corrected chi connectivity index (χ4v) is 1.47. The zero-order chi connectivity index (χ0) is 14.1. The van der Waals surface area contributed by atoms with Crippen LogP contribution < -0.4 is 16.0 Å². The third kappa shape index (κ3) is 9.44. The first-order valence-electron chi connectivity index (χ1n) is 5.84. The van der Waals surface area contributed by atoms with Gasteiger partial charge in [-0.25, -0.2) is 4.79 Å². The first kappa shape index (κ1) is 16.2. The summed E-state index contributed by atoms with van der Waals surface area (Å²) in [7, 11) is 0. The maximum Gasteiger partial charge on any atom is 0.323 e. The smallest absolute Gasteiger partial charge is 0.323 e. The third-order valence-electron chi connectivity index (χ3n) is 2.04. The van der Waals surface area contributed by atoms with Gasteiger partial charge in [-0.05, 0) is 19.3 Å². The van der Waals surface area contributed by atoms with Crippen LogP contribution in [0.25, 0.3) is 0 Å². The average Bonchev–Trinajstić information content (AvgIpc) is 2.22. The van der Waals surface area contributed by atoms with Crippen LogP contribution in [0.4, 0.5) is 4.79 Å². The number of rotatable bonds is 7. The van der Waals surface area contributed by atoms with Crippen LogP contribution in [-0.2, 0) is 9.59 Å². The molecule has 0 aromatic heterocycles. The van der Waals surface area contributed by atoms with Crippen LogP contribution in [-0.4, -0.2) is 42.1 Å². The second-order valence-corrected chi connectivity index (χ2v) is 4.53. The Morgan fingerprint density at radius 1 is 1.06 bits per heavy atom. The van der Waals surface area contributed by atoms with Crippen molar-refractivity contribution in [1.29, 1.82) is 0 Å². The summed E-state index contributed by atoms with van der Waals surface area (Å²) in [4.78, 5) is 32.6. The summed E-state index contributed by atoms with van der Waals surface area (Å²) in [5.74, 6) is -0.957. The zero-order valence-corrected chi connectivity index (χ0v) is 10.9. The number of urea groups is 1. The van der Waals surface area contributed by atoms with Crippen LogP contribution in [0, 0.1) is 5.92 Å². The van der Waals surface area contributed by atoms with Gasteiger partial charge in [0.15, 0.2) is 0 Å². The van der Waals surface area contributed by atoms with Crippen LogP contribution in [0.3, 0.4) is 0 Å². The van der Waals surface area contributed by atoms with Crippen molar-refractivity contribution in [3.63, 3.8) is 0 Å². The van der Waals surface area contributed by atoms with Crippen molar-refractivity contribution in [1.82, 2.24) is 16.0 Å². The van der Waals surface area contributed by atoms with Crippen LogP contribution in [0.2, 0.25) is 0 Å². The van der Waals surface area contributed by atoms with Gasteiger partial charge < -0.3 is 21.1 Å². The molecule has 0 rings (SSSR count). The third-order valence-corrected chi connectivity index (χ3v) is 2.04. The van der Waals surface area contributed by atoms with Crippen LogP contribution in [0.1, 0.15) is 27.2 Å². The van der Waals surface area contributed by atoms with Crippen molar-refractivity contribution in [3.05, 3.63) is 0 Å². The molecular weight excluding hydrogens is 238 g/mol. The lowest BCUT2D eigenvalue weighted by molar-refractivity contribution is -0.135. The lowest BCUT2D eigenvalue weighted by Crippen LogP contribution is -2.45. The molecule has 0 aliphatic carbocycles. The van der Waals surface area contributed by atoms with Gasteiger partial charge in [-0.3, -0.25) is 9.59 Å². The molecule has 1 atom stereocenters. The summed E-state index contributed by atoms with van der Waals surface area (Å²) in [5, 5.41) is 15.4. The van der Waals surface area contributed by atoms with Gasteiger partial charge in [0.1, 0.15) is 6.54 Å². The molecule has 1 unspecified atom stereocenters. The largest absolute Gasteiger partial charge is 0.480 e. The number of carboxylic acid groups (broad SMARTS) is 1. The van der Waals surface area contributed by atoms with E-state index in [2.05, 4.69) is 29.8 Å². The van der Waals surface area contributed by atoms with Crippen molar-refractivity contribution in [2.24, 2.45) is 5.92 Å². The molecule has 104 valence electrons. The Morgan fingerprint density at radius 2 is 1.61 bits per heavy atom. The minimum atomic E-state index is -1.14. The van der Waals surface area contributed by atoms with E-state index in [4.69, 9.17) is 5.11 Å². The Kier molecular flexibility index (Phi) is 7.50. The first-order valence-corrected chi connectivity index (χ1v) is 5.84. The topological polar surface area (TPSA) is 108 Å². The number of aliphatic carboxylic acids is 1. The highest BCUT2D eigenvalue weighted by Crippen LogP contribution is 2.03. The summed E-state index contributed by atoms with van der Waals surface area (Å²) in [6.45, 7) is 5.36. The lowest BCUT2D eigenvalue weighted by atomic mass is 10.1. The monoisotopic (exact) mass is 259 g/mol. The molecule has 0 aliphatic rings. The second kappa shape index (κ2) is 8.32. The molecule has 0 aromatic rings. The molecule has 0 heterocycles. The van der Waals surface area contributed by atoms with E-state index < -0.39 is 18.5 Å². The summed E-state index contributed by atoms with van der Waals surface area (Å²) in [5.41, 5.74) is 0. The Hall–Kier alpha value is -1.79. The summed E-state index contributed by atoms with van der Waals surface area (Å²) >= 11 is 0. The molecule has 0 fully saturated rings. The summed E-state index contributed by atoms with van der Waals surface area (Å²) in [6.07, 6.45) is 0.858. The van der Waals surface area contributed by atoms with E-state index in [9.17, 15) is 14.4 Å². The van der Waals surface area contributed by atoms with Gasteiger partial charge in [-0.1, -0.05) is 13.8 Å². The molecule has 4 N–H and O–H groups in total. The molecule has 0 saturated heterocycles. The highest BCUT2D eigenvalue weighted by molar-refractivity contribution is 5.85. The summed E-state index contributed by atoms with van der Waals surface area (Å²) < 4.78 is 0. The van der Waals surface area contributed by atoms with Crippen LogP contribution >= 0.6 is 0 Å². The van der Waals surface area contributed by atoms with E-state index in [1.165, 1.54) is 0 Å². The highest BCUT2D eigenvalue weighted by atomic mass is 16.4. The van der Waals surface area contributed by atoms with Crippen LogP contribution in [0.5, 0.6) is 0 Å². The van der Waals surface area contributed by atoms with Gasteiger partial charge >= 0.3 is 12.0 Å². The molecular formula is C11H21N3O4. The van der Waals surface area contributed by atoms with Gasteiger partial charge in [0, 0.05) is 6.04 Å². The highest BCUT2D eigenvalue weighted by Gasteiger charge is 2.10. The van der Waals surface area contributed by atoms with Crippen LogP contribution in [0.15, 0.2) is 0 Å². The predicted molar refractivity (Wildman–Crippen MR) is 66.1 cm³/mol. The lowest BCUT2D eigenvalue weighted by Gasteiger charge is -2.16. The normalized spacial score (nSPS) is 11.8. The molecule has 0 radical (unpaired) electrons. The van der Waals surface area contributed by atoms with Gasteiger partial charge in [0.2, 0.25) is 5.91 Å². The maximum atomic E-state index is 11.4. The SMILES string of the molecule is CC(C)CC(C)NC(=O)CNC(=O)NCC(=O)O. The molecule has 0 aliphatic heterocycles. The van der Waals surface area contributed by atoms with Crippen molar-refractivity contribution in [2.45, 2.75) is 33.2 Å². The quantitative estimate of drug-likeness (QED) is 0.513. The minimum Gasteiger partial charge on any atom is -0.480 e. The zero-order valence-electron chi connectivity index (χ0n) is 10.9. The Morgan fingerprint density at radius 3 is 2.11 bits per heavy atom. The van der Waals surface area contributed by atoms with E-state index in [0.29, 0.717) is 5.92 Å². The van der Waals surface area contributed by atoms with E-state index in [0.717, 1.165) is 6.42 Å². The molecule has 18 heavy (non-hydrogen) atoms. The number of carbonyl (C=O) groups excluding carboxylic acids is 2. The van der Waals surface area contributed by atoms with E-state index >= 15 is 0 Å². The average molecular weight is 259 g/mol. The molecule has 0 aromatic carbocycles. The van der Waals surface area contributed by atoms with Gasteiger partial charge in [-0.15, -0.1) is 0 Å². The first-order chi connectivity index (χ1) is 8.31. The number of carbonyl (C=O) groups is 3. The number of hydrogen-bond donors (Lipinski definition) is 4.